The van der Waals surface area contributed by atoms with Crippen LogP contribution < -0.4 is 5.73 Å². The number of oxazole rings is 1. The minimum absolute atomic E-state index is 0. The van der Waals surface area contributed by atoms with Crippen LogP contribution in [0.5, 0.6) is 0 Å². The van der Waals surface area contributed by atoms with Crippen molar-refractivity contribution in [3.05, 3.63) is 42.4 Å². The van der Waals surface area contributed by atoms with E-state index in [1.165, 1.54) is 6.42 Å². The van der Waals surface area contributed by atoms with E-state index in [4.69, 9.17) is 10.2 Å². The Morgan fingerprint density at radius 3 is 2.68 bits per heavy atom. The van der Waals surface area contributed by atoms with Gasteiger partial charge in [0.25, 0.3) is 0 Å². The van der Waals surface area contributed by atoms with Crippen LogP contribution in [-0.4, -0.2) is 29.0 Å². The number of benzene rings is 1. The molecule has 1 aromatic carbocycles. The van der Waals surface area contributed by atoms with E-state index < -0.39 is 0 Å². The van der Waals surface area contributed by atoms with Crippen molar-refractivity contribution in [3.8, 4) is 11.3 Å². The molecule has 1 aliphatic heterocycles. The number of nitrogens with two attached hydrogens (primary N) is 1. The van der Waals surface area contributed by atoms with Crippen LogP contribution >= 0.6 is 24.8 Å². The second kappa shape index (κ2) is 8.53. The summed E-state index contributed by atoms with van der Waals surface area (Å²) in [6.07, 6.45) is 2.98. The molecule has 0 saturated carbocycles. The lowest BCUT2D eigenvalue weighted by molar-refractivity contribution is 0.276. The Morgan fingerprint density at radius 1 is 1.32 bits per heavy atom. The first-order valence-electron chi connectivity index (χ1n) is 7.20. The molecular formula is C16H23Cl2N3O. The van der Waals surface area contributed by atoms with Gasteiger partial charge < -0.3 is 10.2 Å². The standard InChI is InChI=1S/C16H21N3O.2ClH/c1-12(17)14-7-8-19(10-14)11-16-18-9-15(20-16)13-5-3-2-4-6-13;;/h2-6,9,12,14H,7-8,10-11,17H2,1H3;2*1H. The Kier molecular flexibility index (Phi) is 7.36. The maximum Gasteiger partial charge on any atom is 0.209 e. The monoisotopic (exact) mass is 343 g/mol. The van der Waals surface area contributed by atoms with E-state index in [1.807, 2.05) is 36.5 Å². The molecule has 0 radical (unpaired) electrons. The molecule has 0 spiro atoms. The summed E-state index contributed by atoms with van der Waals surface area (Å²) in [7, 11) is 0. The Hall–Kier alpha value is -1.07. The van der Waals surface area contributed by atoms with Crippen LogP contribution in [0.25, 0.3) is 11.3 Å². The van der Waals surface area contributed by atoms with Gasteiger partial charge in [-0.25, -0.2) is 4.98 Å². The molecule has 0 aliphatic carbocycles. The lowest BCUT2D eigenvalue weighted by atomic mass is 10.0. The summed E-state index contributed by atoms with van der Waals surface area (Å²) in [6.45, 7) is 4.98. The predicted octanol–water partition coefficient (Wildman–Crippen LogP) is 3.35. The number of aromatic nitrogens is 1. The van der Waals surface area contributed by atoms with Gasteiger partial charge >= 0.3 is 0 Å². The highest BCUT2D eigenvalue weighted by Gasteiger charge is 2.26. The maximum atomic E-state index is 5.97. The Labute approximate surface area is 143 Å². The highest BCUT2D eigenvalue weighted by molar-refractivity contribution is 5.85. The van der Waals surface area contributed by atoms with Gasteiger partial charge in [-0.3, -0.25) is 4.90 Å². The van der Waals surface area contributed by atoms with Crippen LogP contribution in [-0.2, 0) is 6.54 Å². The van der Waals surface area contributed by atoms with Gasteiger partial charge in [-0.1, -0.05) is 30.3 Å². The second-order valence-electron chi connectivity index (χ2n) is 5.63. The van der Waals surface area contributed by atoms with Gasteiger partial charge in [-0.05, 0) is 25.8 Å². The lowest BCUT2D eigenvalue weighted by Crippen LogP contribution is -2.29. The average Bonchev–Trinajstić information content (AvgIpc) is 3.10. The zero-order chi connectivity index (χ0) is 13.9. The molecule has 122 valence electrons. The molecule has 6 heteroatoms. The lowest BCUT2D eigenvalue weighted by Gasteiger charge is -2.16. The third kappa shape index (κ3) is 4.46. The van der Waals surface area contributed by atoms with Crippen molar-refractivity contribution in [1.29, 1.82) is 0 Å². The molecule has 2 aromatic rings. The van der Waals surface area contributed by atoms with Crippen LogP contribution in [0.3, 0.4) is 0 Å². The van der Waals surface area contributed by atoms with Gasteiger partial charge in [0.1, 0.15) is 0 Å². The quantitative estimate of drug-likeness (QED) is 0.924. The molecule has 1 fully saturated rings. The number of rotatable bonds is 4. The van der Waals surface area contributed by atoms with Crippen LogP contribution in [0.1, 0.15) is 19.2 Å². The maximum absolute atomic E-state index is 5.97. The van der Waals surface area contributed by atoms with Crippen LogP contribution in [0.15, 0.2) is 40.9 Å². The van der Waals surface area contributed by atoms with Crippen LogP contribution in [0, 0.1) is 5.92 Å². The van der Waals surface area contributed by atoms with Gasteiger partial charge in [0.15, 0.2) is 5.76 Å². The van der Waals surface area contributed by atoms with Gasteiger partial charge in [0, 0.05) is 18.2 Å². The van der Waals surface area contributed by atoms with Gasteiger partial charge in [0.2, 0.25) is 5.89 Å². The van der Waals surface area contributed by atoms with E-state index in [0.29, 0.717) is 5.92 Å². The predicted molar refractivity (Wildman–Crippen MR) is 93.5 cm³/mol. The molecule has 0 bridgehead atoms. The summed E-state index contributed by atoms with van der Waals surface area (Å²) in [5.74, 6) is 2.22. The summed E-state index contributed by atoms with van der Waals surface area (Å²) in [6, 6.07) is 10.3. The first-order valence-corrected chi connectivity index (χ1v) is 7.20. The van der Waals surface area contributed by atoms with Crippen molar-refractivity contribution in [3.63, 3.8) is 0 Å². The summed E-state index contributed by atoms with van der Waals surface area (Å²) < 4.78 is 5.84. The summed E-state index contributed by atoms with van der Waals surface area (Å²) in [4.78, 5) is 6.76. The molecule has 3 rings (SSSR count). The molecule has 2 atom stereocenters. The number of halogens is 2. The van der Waals surface area contributed by atoms with Gasteiger partial charge in [-0.2, -0.15) is 0 Å². The largest absolute Gasteiger partial charge is 0.439 e. The summed E-state index contributed by atoms with van der Waals surface area (Å²) in [5.41, 5.74) is 7.04. The smallest absolute Gasteiger partial charge is 0.209 e. The average molecular weight is 344 g/mol. The van der Waals surface area contributed by atoms with Crippen LogP contribution in [0.2, 0.25) is 0 Å². The van der Waals surface area contributed by atoms with E-state index in [9.17, 15) is 0 Å². The topological polar surface area (TPSA) is 55.3 Å². The van der Waals surface area contributed by atoms with Crippen molar-refractivity contribution in [1.82, 2.24) is 9.88 Å². The first kappa shape index (κ1) is 19.0. The second-order valence-corrected chi connectivity index (χ2v) is 5.63. The third-order valence-electron chi connectivity index (χ3n) is 4.02. The Balaban J connectivity index is 0.00000121. The highest BCUT2D eigenvalue weighted by Crippen LogP contribution is 2.23. The van der Waals surface area contributed by atoms with Gasteiger partial charge in [0.05, 0.1) is 12.7 Å². The number of nitrogens with zero attached hydrogens (tertiary/aromatic N) is 2. The fourth-order valence-electron chi connectivity index (χ4n) is 2.75. The number of likely N-dealkylation sites (tertiary alicyclic amines) is 1. The van der Waals surface area contributed by atoms with E-state index in [-0.39, 0.29) is 30.9 Å². The molecule has 1 aliphatic rings. The molecule has 2 unspecified atom stereocenters. The van der Waals surface area contributed by atoms with Crippen molar-refractivity contribution < 1.29 is 4.42 Å². The van der Waals surface area contributed by atoms with Crippen molar-refractivity contribution in [2.75, 3.05) is 13.1 Å². The van der Waals surface area contributed by atoms with Crippen LogP contribution in [0.4, 0.5) is 0 Å². The molecule has 1 saturated heterocycles. The molecule has 4 nitrogen and oxygen atoms in total. The SMILES string of the molecule is CC(N)C1CCN(Cc2ncc(-c3ccccc3)o2)C1.Cl.Cl. The summed E-state index contributed by atoms with van der Waals surface area (Å²) >= 11 is 0. The van der Waals surface area contributed by atoms with E-state index in [1.54, 1.807) is 0 Å². The molecule has 2 heterocycles. The Morgan fingerprint density at radius 2 is 2.05 bits per heavy atom. The van der Waals surface area contributed by atoms with E-state index >= 15 is 0 Å². The fraction of sp³-hybridized carbons (Fsp3) is 0.438. The molecule has 1 aromatic heterocycles. The molecule has 0 amide bonds. The van der Waals surface area contributed by atoms with E-state index in [0.717, 1.165) is 36.8 Å². The summed E-state index contributed by atoms with van der Waals surface area (Å²) in [5, 5.41) is 0. The third-order valence-corrected chi connectivity index (χ3v) is 4.02. The van der Waals surface area contributed by atoms with Crippen molar-refractivity contribution in [2.24, 2.45) is 11.7 Å². The highest BCUT2D eigenvalue weighted by atomic mass is 35.5. The first-order chi connectivity index (χ1) is 9.72. The zero-order valence-electron chi connectivity index (χ0n) is 12.6. The van der Waals surface area contributed by atoms with Crippen molar-refractivity contribution in [2.45, 2.75) is 25.9 Å². The fourth-order valence-corrected chi connectivity index (χ4v) is 2.75. The zero-order valence-corrected chi connectivity index (χ0v) is 14.3. The van der Waals surface area contributed by atoms with E-state index in [2.05, 4.69) is 16.8 Å². The van der Waals surface area contributed by atoms with Gasteiger partial charge in [-0.15, -0.1) is 24.8 Å². The molecular weight excluding hydrogens is 321 g/mol. The minimum Gasteiger partial charge on any atom is -0.439 e. The Bertz CT molecular complexity index is 560. The molecule has 2 N–H and O–H groups in total. The molecule has 22 heavy (non-hydrogen) atoms. The number of hydrogen-bond acceptors (Lipinski definition) is 4. The van der Waals surface area contributed by atoms with Crippen molar-refractivity contribution >= 4 is 24.8 Å². The number of hydrogen-bond donors (Lipinski definition) is 1. The minimum atomic E-state index is 0. The normalized spacial score (nSPS) is 19.3.